The molecule has 88 valence electrons. The van der Waals surface area contributed by atoms with E-state index in [1.807, 2.05) is 0 Å². The Morgan fingerprint density at radius 3 is 2.82 bits per heavy atom. The second-order valence-corrected chi connectivity index (χ2v) is 3.03. The number of esters is 1. The highest BCUT2D eigenvalue weighted by Gasteiger charge is 2.12. The number of ether oxygens (including phenoxy) is 1. The zero-order chi connectivity index (χ0) is 12.8. The summed E-state index contributed by atoms with van der Waals surface area (Å²) in [5.74, 6) is -3.01. The molecule has 0 N–H and O–H groups in total. The molecule has 0 bridgehead atoms. The molecular weight excluding hydrogens is 228 g/mol. The van der Waals surface area contributed by atoms with Crippen molar-refractivity contribution in [3.05, 3.63) is 41.0 Å². The first-order chi connectivity index (χ1) is 8.10. The Kier molecular flexibility index (Phi) is 4.35. The predicted octanol–water partition coefficient (Wildman–Crippen LogP) is 2.43. The van der Waals surface area contributed by atoms with Gasteiger partial charge in [0, 0.05) is 5.56 Å². The van der Waals surface area contributed by atoms with Crippen LogP contribution in [0.3, 0.4) is 0 Å². The maximum atomic E-state index is 13.3. The summed E-state index contributed by atoms with van der Waals surface area (Å²) in [6, 6.07) is 5.07. The maximum Gasteiger partial charge on any atom is 0.348 e. The van der Waals surface area contributed by atoms with Crippen molar-refractivity contribution in [2.45, 2.75) is 6.92 Å². The summed E-state index contributed by atoms with van der Waals surface area (Å²) in [7, 11) is 0. The Morgan fingerprint density at radius 1 is 1.53 bits per heavy atom. The predicted molar refractivity (Wildman–Crippen MR) is 56.6 cm³/mol. The summed E-state index contributed by atoms with van der Waals surface area (Å²) >= 11 is 0. The van der Waals surface area contributed by atoms with Crippen molar-refractivity contribution >= 4 is 12.0 Å². The van der Waals surface area contributed by atoms with Crippen LogP contribution < -0.4 is 0 Å². The van der Waals surface area contributed by atoms with Gasteiger partial charge < -0.3 is 4.74 Å². The first-order valence-electron chi connectivity index (χ1n) is 4.83. The molecule has 1 aromatic carbocycles. The fraction of sp³-hybridized carbons (Fsp3) is 0.167. The van der Waals surface area contributed by atoms with E-state index in [-0.39, 0.29) is 17.7 Å². The smallest absolute Gasteiger partial charge is 0.348 e. The van der Waals surface area contributed by atoms with E-state index in [4.69, 9.17) is 5.26 Å². The number of nitrogens with zero attached hydrogens (tertiary/aromatic N) is 1. The molecule has 0 spiro atoms. The van der Waals surface area contributed by atoms with Crippen molar-refractivity contribution in [3.8, 4) is 6.07 Å². The van der Waals surface area contributed by atoms with Gasteiger partial charge in [0.15, 0.2) is 11.6 Å². The highest BCUT2D eigenvalue weighted by Crippen LogP contribution is 2.15. The Labute approximate surface area is 96.9 Å². The Bertz CT molecular complexity index is 504. The van der Waals surface area contributed by atoms with Crippen LogP contribution in [0.1, 0.15) is 12.5 Å². The third-order valence-corrected chi connectivity index (χ3v) is 1.90. The van der Waals surface area contributed by atoms with Crippen molar-refractivity contribution < 1.29 is 18.3 Å². The standard InChI is InChI=1S/C12H9F2NO2/c1-2-17-12(16)9(7-15)6-8-4-3-5-10(13)11(8)14/h3-6H,2H2,1H3/b9-6+. The van der Waals surface area contributed by atoms with E-state index in [0.29, 0.717) is 0 Å². The van der Waals surface area contributed by atoms with Crippen LogP contribution in [-0.4, -0.2) is 12.6 Å². The number of nitriles is 1. The molecule has 0 saturated heterocycles. The number of hydrogen-bond acceptors (Lipinski definition) is 3. The zero-order valence-electron chi connectivity index (χ0n) is 9.04. The Morgan fingerprint density at radius 2 is 2.24 bits per heavy atom. The van der Waals surface area contributed by atoms with E-state index in [1.165, 1.54) is 12.1 Å². The molecule has 1 rings (SSSR count). The first kappa shape index (κ1) is 12.8. The topological polar surface area (TPSA) is 50.1 Å². The molecule has 0 amide bonds. The van der Waals surface area contributed by atoms with Crippen molar-refractivity contribution in [2.75, 3.05) is 6.61 Å². The number of carbonyl (C=O) groups is 1. The van der Waals surface area contributed by atoms with Crippen LogP contribution in [0.4, 0.5) is 8.78 Å². The average molecular weight is 237 g/mol. The lowest BCUT2D eigenvalue weighted by Crippen LogP contribution is -2.06. The third-order valence-electron chi connectivity index (χ3n) is 1.90. The van der Waals surface area contributed by atoms with Crippen LogP contribution in [0.15, 0.2) is 23.8 Å². The molecule has 0 unspecified atom stereocenters. The van der Waals surface area contributed by atoms with Crippen LogP contribution in [0.5, 0.6) is 0 Å². The fourth-order valence-electron chi connectivity index (χ4n) is 1.13. The highest BCUT2D eigenvalue weighted by atomic mass is 19.2. The number of benzene rings is 1. The molecule has 0 atom stereocenters. The van der Waals surface area contributed by atoms with Crippen LogP contribution in [0, 0.1) is 23.0 Å². The molecule has 17 heavy (non-hydrogen) atoms. The van der Waals surface area contributed by atoms with Crippen molar-refractivity contribution in [3.63, 3.8) is 0 Å². The van der Waals surface area contributed by atoms with E-state index < -0.39 is 17.6 Å². The molecule has 0 aliphatic heterocycles. The lowest BCUT2D eigenvalue weighted by molar-refractivity contribution is -0.137. The van der Waals surface area contributed by atoms with Gasteiger partial charge in [0.1, 0.15) is 11.6 Å². The van der Waals surface area contributed by atoms with Crippen LogP contribution in [-0.2, 0) is 9.53 Å². The molecule has 0 aliphatic carbocycles. The van der Waals surface area contributed by atoms with Gasteiger partial charge in [-0.15, -0.1) is 0 Å². The summed E-state index contributed by atoms with van der Waals surface area (Å²) < 4.78 is 30.7. The average Bonchev–Trinajstić information content (AvgIpc) is 2.31. The Hall–Kier alpha value is -2.22. The van der Waals surface area contributed by atoms with Crippen molar-refractivity contribution in [1.82, 2.24) is 0 Å². The second-order valence-electron chi connectivity index (χ2n) is 3.03. The molecule has 0 aromatic heterocycles. The normalized spacial score (nSPS) is 10.8. The van der Waals surface area contributed by atoms with Crippen molar-refractivity contribution in [2.24, 2.45) is 0 Å². The lowest BCUT2D eigenvalue weighted by Gasteiger charge is -2.01. The molecule has 5 heteroatoms. The lowest BCUT2D eigenvalue weighted by atomic mass is 10.1. The number of rotatable bonds is 3. The molecule has 0 fully saturated rings. The summed E-state index contributed by atoms with van der Waals surface area (Å²) in [4.78, 5) is 11.2. The van der Waals surface area contributed by atoms with Gasteiger partial charge >= 0.3 is 5.97 Å². The number of carbonyl (C=O) groups excluding carboxylic acids is 1. The van der Waals surface area contributed by atoms with E-state index in [1.54, 1.807) is 13.0 Å². The number of halogens is 2. The summed E-state index contributed by atoms with van der Waals surface area (Å²) in [5, 5.41) is 8.71. The molecule has 0 heterocycles. The maximum absolute atomic E-state index is 13.3. The Balaban J connectivity index is 3.12. The van der Waals surface area contributed by atoms with Gasteiger partial charge in [-0.2, -0.15) is 5.26 Å². The first-order valence-corrected chi connectivity index (χ1v) is 4.83. The van der Waals surface area contributed by atoms with Crippen LogP contribution in [0.25, 0.3) is 6.08 Å². The highest BCUT2D eigenvalue weighted by molar-refractivity contribution is 5.97. The van der Waals surface area contributed by atoms with E-state index in [9.17, 15) is 13.6 Å². The molecule has 0 saturated carbocycles. The molecule has 0 radical (unpaired) electrons. The molecule has 3 nitrogen and oxygen atoms in total. The van der Waals surface area contributed by atoms with Gasteiger partial charge in [0.05, 0.1) is 6.61 Å². The van der Waals surface area contributed by atoms with Gasteiger partial charge in [-0.05, 0) is 19.1 Å². The van der Waals surface area contributed by atoms with E-state index in [2.05, 4.69) is 4.74 Å². The minimum Gasteiger partial charge on any atom is -0.462 e. The van der Waals surface area contributed by atoms with Gasteiger partial charge in [-0.25, -0.2) is 13.6 Å². The minimum atomic E-state index is -1.11. The third kappa shape index (κ3) is 3.11. The molecule has 1 aromatic rings. The minimum absolute atomic E-state index is 0.101. The summed E-state index contributed by atoms with van der Waals surface area (Å²) in [6.45, 7) is 1.68. The summed E-state index contributed by atoms with van der Waals surface area (Å²) in [5.41, 5.74) is -0.550. The summed E-state index contributed by atoms with van der Waals surface area (Å²) in [6.07, 6.45) is 0.955. The monoisotopic (exact) mass is 237 g/mol. The second kappa shape index (κ2) is 5.75. The van der Waals surface area contributed by atoms with Crippen molar-refractivity contribution in [1.29, 1.82) is 5.26 Å². The van der Waals surface area contributed by atoms with Gasteiger partial charge in [-0.1, -0.05) is 12.1 Å². The van der Waals surface area contributed by atoms with Crippen LogP contribution >= 0.6 is 0 Å². The van der Waals surface area contributed by atoms with Gasteiger partial charge in [-0.3, -0.25) is 0 Å². The van der Waals surface area contributed by atoms with E-state index >= 15 is 0 Å². The molecular formula is C12H9F2NO2. The van der Waals surface area contributed by atoms with E-state index in [0.717, 1.165) is 12.1 Å². The van der Waals surface area contributed by atoms with Gasteiger partial charge in [0.2, 0.25) is 0 Å². The van der Waals surface area contributed by atoms with Crippen LogP contribution in [0.2, 0.25) is 0 Å². The quantitative estimate of drug-likeness (QED) is 0.461. The van der Waals surface area contributed by atoms with Gasteiger partial charge in [0.25, 0.3) is 0 Å². The molecule has 0 aliphatic rings. The number of hydrogen-bond donors (Lipinski definition) is 0. The zero-order valence-corrected chi connectivity index (χ0v) is 9.04. The SMILES string of the molecule is CCOC(=O)/C(C#N)=C/c1cccc(F)c1F. The largest absolute Gasteiger partial charge is 0.462 e. The fourth-order valence-corrected chi connectivity index (χ4v) is 1.13.